The first kappa shape index (κ1) is 24.0. The Hall–Kier alpha value is -3.37. The van der Waals surface area contributed by atoms with Crippen LogP contribution in [0.3, 0.4) is 0 Å². The number of piperidine rings is 1. The molecule has 2 saturated heterocycles. The third-order valence-electron chi connectivity index (χ3n) is 7.67. The summed E-state index contributed by atoms with van der Waals surface area (Å²) in [5.41, 5.74) is 9.41. The second kappa shape index (κ2) is 9.83. The van der Waals surface area contributed by atoms with E-state index >= 15 is 0 Å². The second-order valence-corrected chi connectivity index (χ2v) is 10.5. The summed E-state index contributed by atoms with van der Waals surface area (Å²) in [6.45, 7) is 7.09. The fourth-order valence-electron chi connectivity index (χ4n) is 5.55. The van der Waals surface area contributed by atoms with Crippen LogP contribution in [0.1, 0.15) is 46.9 Å². The number of anilines is 2. The molecular weight excluding hydrogens is 468 g/mol. The van der Waals surface area contributed by atoms with E-state index in [1.165, 1.54) is 0 Å². The average Bonchev–Trinajstić information content (AvgIpc) is 3.32. The number of ether oxygens (including phenoxy) is 1. The molecule has 5 heterocycles. The Labute approximate surface area is 217 Å². The Balaban J connectivity index is 1.44. The number of likely N-dealkylation sites (N-methyl/N-ethyl adjacent to an activating group) is 1. The molecule has 2 aromatic heterocycles. The van der Waals surface area contributed by atoms with E-state index in [0.717, 1.165) is 74.0 Å². The topological polar surface area (TPSA) is 104 Å². The third-order valence-corrected chi connectivity index (χ3v) is 7.67. The molecule has 10 heteroatoms. The molecule has 1 unspecified atom stereocenters. The highest BCUT2D eigenvalue weighted by molar-refractivity contribution is 5.97. The molecule has 3 aliphatic rings. The maximum absolute atomic E-state index is 14.0. The van der Waals surface area contributed by atoms with Crippen LogP contribution in [0.4, 0.5) is 11.6 Å². The number of benzene rings is 1. The molecule has 37 heavy (non-hydrogen) atoms. The van der Waals surface area contributed by atoms with Gasteiger partial charge < -0.3 is 30.5 Å². The van der Waals surface area contributed by atoms with Crippen molar-refractivity contribution >= 4 is 23.2 Å². The number of amides is 1. The summed E-state index contributed by atoms with van der Waals surface area (Å²) in [5, 5.41) is 8.51. The molecule has 0 aliphatic carbocycles. The standard InChI is InChI=1S/C27H36N8O2/c1-18-6-7-23-20(13-18)27(36)34-10-4-3-5-22(34)21-14-25-30-24(33-16-19(28)17-33)15-26(35(25)31-21)32(2)11-8-29-9-12-37-23/h6-7,13-15,19,22,29H,3-5,8-12,16-17,28H2,1-2H3. The zero-order valence-electron chi connectivity index (χ0n) is 21.7. The summed E-state index contributed by atoms with van der Waals surface area (Å²) in [6, 6.07) is 10.1. The molecule has 6 rings (SSSR count). The molecule has 1 aromatic carbocycles. The van der Waals surface area contributed by atoms with E-state index in [2.05, 4.69) is 34.3 Å². The predicted molar refractivity (Wildman–Crippen MR) is 144 cm³/mol. The van der Waals surface area contributed by atoms with Gasteiger partial charge in [0.25, 0.3) is 5.91 Å². The van der Waals surface area contributed by atoms with Crippen molar-refractivity contribution in [1.29, 1.82) is 0 Å². The van der Waals surface area contributed by atoms with Crippen molar-refractivity contribution < 1.29 is 9.53 Å². The molecule has 2 bridgehead atoms. The number of nitrogens with zero attached hydrogens (tertiary/aromatic N) is 6. The van der Waals surface area contributed by atoms with Gasteiger partial charge in [0.05, 0.1) is 17.3 Å². The molecule has 1 amide bonds. The van der Waals surface area contributed by atoms with E-state index in [1.54, 1.807) is 0 Å². The second-order valence-electron chi connectivity index (χ2n) is 10.5. The first-order valence-electron chi connectivity index (χ1n) is 13.4. The highest BCUT2D eigenvalue weighted by atomic mass is 16.5. The summed E-state index contributed by atoms with van der Waals surface area (Å²) >= 11 is 0. The first-order valence-corrected chi connectivity index (χ1v) is 13.4. The molecule has 1 atom stereocenters. The smallest absolute Gasteiger partial charge is 0.258 e. The molecule has 0 saturated carbocycles. The SMILES string of the molecule is Cc1ccc2c(c1)C(=O)N1CCCCC1c1cc3nc(N4CC(N)C4)cc(n3n1)N(C)CCNCCO2. The Morgan fingerprint density at radius 3 is 2.81 bits per heavy atom. The lowest BCUT2D eigenvalue weighted by Gasteiger charge is -2.38. The number of fused-ring (bicyclic) bond motifs is 4. The number of hydrogen-bond acceptors (Lipinski definition) is 8. The van der Waals surface area contributed by atoms with Gasteiger partial charge >= 0.3 is 0 Å². The summed E-state index contributed by atoms with van der Waals surface area (Å²) in [5.74, 6) is 2.54. The molecule has 196 valence electrons. The van der Waals surface area contributed by atoms with Crippen LogP contribution in [0.5, 0.6) is 5.75 Å². The number of carbonyl (C=O) groups is 1. The lowest BCUT2D eigenvalue weighted by Crippen LogP contribution is -2.56. The first-order chi connectivity index (χ1) is 18.0. The van der Waals surface area contributed by atoms with Gasteiger partial charge in [-0.2, -0.15) is 9.61 Å². The number of hydrogen-bond donors (Lipinski definition) is 2. The molecule has 2 fully saturated rings. The van der Waals surface area contributed by atoms with Crippen molar-refractivity contribution in [3.63, 3.8) is 0 Å². The van der Waals surface area contributed by atoms with E-state index in [1.807, 2.05) is 34.5 Å². The van der Waals surface area contributed by atoms with Gasteiger partial charge in [0.1, 0.15) is 24.0 Å². The predicted octanol–water partition coefficient (Wildman–Crippen LogP) is 1.97. The summed E-state index contributed by atoms with van der Waals surface area (Å²) in [4.78, 5) is 25.3. The molecule has 10 nitrogen and oxygen atoms in total. The number of rotatable bonds is 1. The van der Waals surface area contributed by atoms with Crippen LogP contribution in [0.25, 0.3) is 5.65 Å². The van der Waals surface area contributed by atoms with Gasteiger partial charge in [-0.05, 0) is 38.3 Å². The molecular formula is C27H36N8O2. The molecule has 3 aliphatic heterocycles. The average molecular weight is 505 g/mol. The monoisotopic (exact) mass is 504 g/mol. The van der Waals surface area contributed by atoms with Crippen LogP contribution < -0.4 is 25.6 Å². The number of aromatic nitrogens is 3. The van der Waals surface area contributed by atoms with Gasteiger partial charge in [-0.25, -0.2) is 4.98 Å². The van der Waals surface area contributed by atoms with Crippen molar-refractivity contribution in [2.24, 2.45) is 5.73 Å². The van der Waals surface area contributed by atoms with Crippen molar-refractivity contribution in [2.45, 2.75) is 38.3 Å². The van der Waals surface area contributed by atoms with Crippen LogP contribution in [-0.4, -0.2) is 84.4 Å². The Bertz CT molecular complexity index is 1300. The van der Waals surface area contributed by atoms with E-state index in [9.17, 15) is 4.79 Å². The molecule has 3 aromatic rings. The maximum atomic E-state index is 14.0. The van der Waals surface area contributed by atoms with Crippen molar-refractivity contribution in [2.75, 3.05) is 62.7 Å². The Morgan fingerprint density at radius 1 is 1.11 bits per heavy atom. The van der Waals surface area contributed by atoms with E-state index in [0.29, 0.717) is 31.0 Å². The molecule has 0 spiro atoms. The van der Waals surface area contributed by atoms with Crippen LogP contribution in [0, 0.1) is 6.92 Å². The molecule has 3 N–H and O–H groups in total. The van der Waals surface area contributed by atoms with E-state index in [4.69, 9.17) is 20.6 Å². The van der Waals surface area contributed by atoms with Crippen LogP contribution in [0.2, 0.25) is 0 Å². The Kier molecular flexibility index (Phi) is 6.37. The van der Waals surface area contributed by atoms with Gasteiger partial charge in [0.2, 0.25) is 0 Å². The number of nitrogens with one attached hydrogen (secondary N) is 1. The number of aryl methyl sites for hydroxylation is 1. The summed E-state index contributed by atoms with van der Waals surface area (Å²) in [6.07, 6.45) is 2.91. The van der Waals surface area contributed by atoms with Crippen LogP contribution >= 0.6 is 0 Å². The van der Waals surface area contributed by atoms with Crippen molar-refractivity contribution in [1.82, 2.24) is 24.8 Å². The lowest BCUT2D eigenvalue weighted by molar-refractivity contribution is 0.0601. The van der Waals surface area contributed by atoms with Crippen molar-refractivity contribution in [3.05, 3.63) is 47.2 Å². The Morgan fingerprint density at radius 2 is 1.97 bits per heavy atom. The fourth-order valence-corrected chi connectivity index (χ4v) is 5.55. The minimum absolute atomic E-state index is 0.000987. The van der Waals surface area contributed by atoms with E-state index in [-0.39, 0.29) is 18.0 Å². The molecule has 0 radical (unpaired) electrons. The van der Waals surface area contributed by atoms with Gasteiger partial charge in [-0.15, -0.1) is 0 Å². The maximum Gasteiger partial charge on any atom is 0.258 e. The van der Waals surface area contributed by atoms with Crippen LogP contribution in [-0.2, 0) is 0 Å². The zero-order chi connectivity index (χ0) is 25.5. The fraction of sp³-hybridized carbons (Fsp3) is 0.519. The van der Waals surface area contributed by atoms with Gasteiger partial charge in [0, 0.05) is 64.5 Å². The van der Waals surface area contributed by atoms with Crippen LogP contribution in [0.15, 0.2) is 30.3 Å². The quantitative estimate of drug-likeness (QED) is 0.519. The summed E-state index contributed by atoms with van der Waals surface area (Å²) < 4.78 is 8.03. The number of nitrogens with two attached hydrogens (primary N) is 1. The number of carbonyl (C=O) groups excluding carboxylic acids is 1. The van der Waals surface area contributed by atoms with Gasteiger partial charge in [0.15, 0.2) is 5.65 Å². The van der Waals surface area contributed by atoms with E-state index < -0.39 is 0 Å². The zero-order valence-corrected chi connectivity index (χ0v) is 21.7. The van der Waals surface area contributed by atoms with Crippen molar-refractivity contribution in [3.8, 4) is 5.75 Å². The minimum atomic E-state index is -0.107. The van der Waals surface area contributed by atoms with Gasteiger partial charge in [-0.3, -0.25) is 4.79 Å². The summed E-state index contributed by atoms with van der Waals surface area (Å²) in [7, 11) is 2.08. The highest BCUT2D eigenvalue weighted by Gasteiger charge is 2.33. The highest BCUT2D eigenvalue weighted by Crippen LogP contribution is 2.35. The minimum Gasteiger partial charge on any atom is -0.491 e. The normalized spacial score (nSPS) is 21.5. The van der Waals surface area contributed by atoms with Gasteiger partial charge in [-0.1, -0.05) is 11.6 Å². The largest absolute Gasteiger partial charge is 0.491 e. The lowest BCUT2D eigenvalue weighted by atomic mass is 9.97. The third kappa shape index (κ3) is 4.59.